The fourth-order valence-electron chi connectivity index (χ4n) is 5.39. The van der Waals surface area contributed by atoms with Crippen molar-refractivity contribution in [3.05, 3.63) is 58.7 Å². The van der Waals surface area contributed by atoms with E-state index in [0.717, 1.165) is 44.3 Å². The van der Waals surface area contributed by atoms with Crippen LogP contribution in [0.2, 0.25) is 0 Å². The maximum Gasteiger partial charge on any atom is 0.126 e. The Morgan fingerprint density at radius 3 is 2.60 bits per heavy atom. The lowest BCUT2D eigenvalue weighted by atomic mass is 9.81. The highest BCUT2D eigenvalue weighted by molar-refractivity contribution is 5.43. The molecule has 2 heterocycles. The lowest BCUT2D eigenvalue weighted by Gasteiger charge is -2.46. The molecule has 0 amide bonds. The van der Waals surface area contributed by atoms with E-state index in [9.17, 15) is 15.3 Å². The summed E-state index contributed by atoms with van der Waals surface area (Å²) in [4.78, 5) is 2.30. The zero-order valence-corrected chi connectivity index (χ0v) is 17.4. The average molecular weight is 410 g/mol. The van der Waals surface area contributed by atoms with E-state index in [1.807, 2.05) is 0 Å². The van der Waals surface area contributed by atoms with Crippen LogP contribution in [0.15, 0.2) is 36.4 Å². The van der Waals surface area contributed by atoms with Crippen molar-refractivity contribution >= 4 is 0 Å². The first-order chi connectivity index (χ1) is 14.5. The Morgan fingerprint density at radius 2 is 1.80 bits per heavy atom. The fraction of sp³-hybridized carbons (Fsp3) is 0.520. The van der Waals surface area contributed by atoms with E-state index in [1.54, 1.807) is 18.2 Å². The van der Waals surface area contributed by atoms with Gasteiger partial charge in [-0.1, -0.05) is 18.2 Å². The number of aromatic hydroxyl groups is 1. The van der Waals surface area contributed by atoms with Gasteiger partial charge in [-0.25, -0.2) is 0 Å². The number of aryl methyl sites for hydroxylation is 2. The Morgan fingerprint density at radius 1 is 1.03 bits per heavy atom. The number of aliphatic hydroxyl groups excluding tert-OH is 2. The molecule has 2 aromatic carbocycles. The van der Waals surface area contributed by atoms with Crippen LogP contribution >= 0.6 is 0 Å². The van der Waals surface area contributed by atoms with Crippen molar-refractivity contribution in [1.29, 1.82) is 0 Å². The van der Waals surface area contributed by atoms with E-state index in [1.165, 1.54) is 24.0 Å². The summed E-state index contributed by atoms with van der Waals surface area (Å²) in [5.41, 5.74) is 4.18. The highest BCUT2D eigenvalue weighted by Crippen LogP contribution is 2.45. The molecule has 0 radical (unpaired) electrons. The van der Waals surface area contributed by atoms with Gasteiger partial charge in [-0.3, -0.25) is 0 Å². The van der Waals surface area contributed by atoms with E-state index in [2.05, 4.69) is 23.1 Å². The number of ether oxygens (including phenoxy) is 1. The molecule has 5 rings (SSSR count). The molecule has 0 aromatic heterocycles. The van der Waals surface area contributed by atoms with Gasteiger partial charge in [0.05, 0.1) is 12.2 Å². The predicted octanol–water partition coefficient (Wildman–Crippen LogP) is 3.66. The van der Waals surface area contributed by atoms with Crippen molar-refractivity contribution < 1.29 is 20.1 Å². The molecule has 30 heavy (non-hydrogen) atoms. The number of fused-ring (bicyclic) bond motifs is 2. The smallest absolute Gasteiger partial charge is 0.126 e. The van der Waals surface area contributed by atoms with Crippen LogP contribution in [0.4, 0.5) is 0 Å². The van der Waals surface area contributed by atoms with Crippen molar-refractivity contribution in [1.82, 2.24) is 4.90 Å². The number of phenols is 1. The van der Waals surface area contributed by atoms with E-state index in [0.29, 0.717) is 24.3 Å². The summed E-state index contributed by atoms with van der Waals surface area (Å²) in [5.74, 6) is 0.826. The molecule has 1 spiro atoms. The molecule has 1 saturated heterocycles. The number of β-amino-alcohol motifs (C(OH)–C–C–N with tert-alkyl or cyclic N) is 1. The van der Waals surface area contributed by atoms with E-state index in [-0.39, 0.29) is 11.4 Å². The van der Waals surface area contributed by atoms with Crippen LogP contribution in [0.3, 0.4) is 0 Å². The molecule has 2 atom stereocenters. The quantitative estimate of drug-likeness (QED) is 0.722. The normalized spacial score (nSPS) is 24.0. The Labute approximate surface area is 177 Å². The summed E-state index contributed by atoms with van der Waals surface area (Å²) in [6.45, 7) is 2.30. The minimum Gasteiger partial charge on any atom is -0.508 e. The summed E-state index contributed by atoms with van der Waals surface area (Å²) in [6, 6.07) is 11.4. The summed E-state index contributed by atoms with van der Waals surface area (Å²) in [7, 11) is 0. The van der Waals surface area contributed by atoms with Crippen LogP contribution in [0.1, 0.15) is 66.6 Å². The topological polar surface area (TPSA) is 73.2 Å². The van der Waals surface area contributed by atoms with Crippen LogP contribution in [0, 0.1) is 0 Å². The third-order valence-corrected chi connectivity index (χ3v) is 7.20. The van der Waals surface area contributed by atoms with Crippen LogP contribution in [0.5, 0.6) is 11.5 Å². The Bertz CT molecular complexity index is 919. The number of nitrogens with zero attached hydrogens (tertiary/aromatic N) is 1. The Balaban J connectivity index is 1.22. The van der Waals surface area contributed by atoms with Crippen molar-refractivity contribution in [3.63, 3.8) is 0 Å². The van der Waals surface area contributed by atoms with E-state index < -0.39 is 12.2 Å². The van der Waals surface area contributed by atoms with E-state index >= 15 is 0 Å². The minimum atomic E-state index is -0.617. The van der Waals surface area contributed by atoms with Crippen molar-refractivity contribution in [2.24, 2.45) is 0 Å². The highest BCUT2D eigenvalue weighted by Gasteiger charge is 2.43. The molecule has 0 saturated carbocycles. The van der Waals surface area contributed by atoms with Crippen LogP contribution in [0.25, 0.3) is 0 Å². The van der Waals surface area contributed by atoms with Gasteiger partial charge < -0.3 is 25.0 Å². The molecular weight excluding hydrogens is 378 g/mol. The van der Waals surface area contributed by atoms with Crippen molar-refractivity contribution in [3.8, 4) is 11.5 Å². The molecule has 5 nitrogen and oxygen atoms in total. The van der Waals surface area contributed by atoms with Gasteiger partial charge in [0.15, 0.2) is 0 Å². The lowest BCUT2D eigenvalue weighted by molar-refractivity contribution is -0.0588. The highest BCUT2D eigenvalue weighted by atomic mass is 16.5. The van der Waals surface area contributed by atoms with Gasteiger partial charge in [-0.2, -0.15) is 0 Å². The number of hydrogen-bond acceptors (Lipinski definition) is 5. The summed E-state index contributed by atoms with van der Waals surface area (Å²) >= 11 is 0. The number of rotatable bonds is 3. The molecule has 5 heteroatoms. The number of likely N-dealkylation sites (tertiary alicyclic amines) is 1. The second-order valence-corrected chi connectivity index (χ2v) is 9.28. The third-order valence-electron chi connectivity index (χ3n) is 7.20. The molecule has 2 aromatic rings. The SMILES string of the molecule is Oc1ccc2c(c1)[C@@H](O)CC1(CCN(C[C@@H](O)c3ccc4c(c3)CCCC4)CC1)O2. The standard InChI is InChI=1S/C25H31NO4/c27-20-7-8-24-21(14-20)22(28)15-25(30-24)9-11-26(12-10-25)16-23(29)19-6-5-17-3-1-2-4-18(17)13-19/h5-8,13-14,22-23,27-29H,1-4,9-12,15-16H2/t22-,23+/m0/s1. The Hall–Kier alpha value is -2.08. The molecule has 1 aliphatic carbocycles. The van der Waals surface area contributed by atoms with Gasteiger partial charge in [0.1, 0.15) is 17.1 Å². The summed E-state index contributed by atoms with van der Waals surface area (Å²) < 4.78 is 6.33. The molecular formula is C25H31NO4. The monoisotopic (exact) mass is 409 g/mol. The van der Waals surface area contributed by atoms with Gasteiger partial charge in [0.2, 0.25) is 0 Å². The average Bonchev–Trinajstić information content (AvgIpc) is 2.76. The molecule has 0 bridgehead atoms. The minimum absolute atomic E-state index is 0.151. The molecule has 160 valence electrons. The number of hydrogen-bond donors (Lipinski definition) is 3. The maximum absolute atomic E-state index is 10.8. The van der Waals surface area contributed by atoms with Gasteiger partial charge >= 0.3 is 0 Å². The van der Waals surface area contributed by atoms with Gasteiger partial charge in [-0.05, 0) is 73.4 Å². The zero-order valence-electron chi connectivity index (χ0n) is 17.4. The molecule has 0 unspecified atom stereocenters. The number of benzene rings is 2. The Kier molecular flexibility index (Phi) is 5.21. The second-order valence-electron chi connectivity index (χ2n) is 9.28. The summed E-state index contributed by atoms with van der Waals surface area (Å²) in [6.07, 6.45) is 5.90. The first-order valence-electron chi connectivity index (χ1n) is 11.2. The molecule has 3 N–H and O–H groups in total. The van der Waals surface area contributed by atoms with Crippen LogP contribution < -0.4 is 4.74 Å². The van der Waals surface area contributed by atoms with Gasteiger partial charge in [0, 0.05) is 31.6 Å². The first kappa shape index (κ1) is 19.9. The van der Waals surface area contributed by atoms with Crippen LogP contribution in [-0.4, -0.2) is 45.5 Å². The second kappa shape index (κ2) is 7.88. The third kappa shape index (κ3) is 3.82. The number of aliphatic hydroxyl groups is 2. The predicted molar refractivity (Wildman–Crippen MR) is 115 cm³/mol. The largest absolute Gasteiger partial charge is 0.508 e. The van der Waals surface area contributed by atoms with Crippen molar-refractivity contribution in [2.45, 2.75) is 62.8 Å². The molecule has 1 fully saturated rings. The summed E-state index contributed by atoms with van der Waals surface area (Å²) in [5, 5.41) is 31.1. The van der Waals surface area contributed by atoms with Crippen LogP contribution in [-0.2, 0) is 12.8 Å². The maximum atomic E-state index is 10.8. The van der Waals surface area contributed by atoms with Gasteiger partial charge in [0.25, 0.3) is 0 Å². The van der Waals surface area contributed by atoms with Gasteiger partial charge in [-0.15, -0.1) is 0 Å². The first-order valence-corrected chi connectivity index (χ1v) is 11.2. The lowest BCUT2D eigenvalue weighted by Crippen LogP contribution is -2.51. The molecule has 2 aliphatic heterocycles. The number of piperidine rings is 1. The zero-order chi connectivity index (χ0) is 20.7. The fourth-order valence-corrected chi connectivity index (χ4v) is 5.39. The number of phenolic OH excluding ortho intramolecular Hbond substituents is 1. The molecule has 3 aliphatic rings. The van der Waals surface area contributed by atoms with Crippen molar-refractivity contribution in [2.75, 3.05) is 19.6 Å². The van der Waals surface area contributed by atoms with E-state index in [4.69, 9.17) is 4.74 Å².